The van der Waals surface area contributed by atoms with Crippen molar-refractivity contribution in [3.05, 3.63) is 50.0 Å². The highest BCUT2D eigenvalue weighted by atomic mass is 35.5. The largest absolute Gasteiger partial charge is 0.462 e. The number of nitrogens with zero attached hydrogens (tertiary/aromatic N) is 4. The van der Waals surface area contributed by atoms with Crippen molar-refractivity contribution in [2.24, 2.45) is 0 Å². The summed E-state index contributed by atoms with van der Waals surface area (Å²) in [7, 11) is -3.10. The van der Waals surface area contributed by atoms with Crippen LogP contribution in [0.3, 0.4) is 0 Å². The predicted molar refractivity (Wildman–Crippen MR) is 110 cm³/mol. The second-order valence-corrected chi connectivity index (χ2v) is 9.32. The van der Waals surface area contributed by atoms with E-state index in [0.717, 1.165) is 12.3 Å². The van der Waals surface area contributed by atoms with E-state index in [-0.39, 0.29) is 46.3 Å². The molecule has 1 aliphatic rings. The van der Waals surface area contributed by atoms with E-state index in [1.165, 1.54) is 10.8 Å². The van der Waals surface area contributed by atoms with Crippen molar-refractivity contribution in [1.29, 1.82) is 0 Å². The number of nitro groups is 1. The number of pyridine rings is 1. The number of ether oxygens (including phenoxy) is 1. The first-order valence-electron chi connectivity index (χ1n) is 9.07. The summed E-state index contributed by atoms with van der Waals surface area (Å²) < 4.78 is 30.0. The van der Waals surface area contributed by atoms with E-state index in [9.17, 15) is 23.3 Å². The Morgan fingerprint density at radius 3 is 2.80 bits per heavy atom. The molecule has 0 unspecified atom stereocenters. The molecule has 3 rings (SSSR count). The molecular formula is C18H19ClN4O6S. The van der Waals surface area contributed by atoms with Crippen LogP contribution in [0.4, 0.5) is 5.69 Å². The lowest BCUT2D eigenvalue weighted by molar-refractivity contribution is -0.385. The second-order valence-electron chi connectivity index (χ2n) is 6.73. The van der Waals surface area contributed by atoms with E-state index in [2.05, 4.69) is 10.1 Å². The van der Waals surface area contributed by atoms with Crippen LogP contribution in [0.2, 0.25) is 5.15 Å². The SMILES string of the molecule is CCOC(=O)c1cc([N+](=O)[O-])cnc1/C=C\c1c(C)nn([C@@H]2CCS(=O)(=O)C2)c1Cl. The van der Waals surface area contributed by atoms with Gasteiger partial charge < -0.3 is 4.74 Å². The molecule has 30 heavy (non-hydrogen) atoms. The number of sulfone groups is 1. The molecule has 1 fully saturated rings. The molecule has 2 aromatic rings. The maximum atomic E-state index is 12.2. The topological polar surface area (TPSA) is 134 Å². The zero-order valence-electron chi connectivity index (χ0n) is 16.2. The predicted octanol–water partition coefficient (Wildman–Crippen LogP) is 2.85. The van der Waals surface area contributed by atoms with E-state index in [1.807, 2.05) is 0 Å². The van der Waals surface area contributed by atoms with Gasteiger partial charge in [0.05, 0.1) is 46.0 Å². The summed E-state index contributed by atoms with van der Waals surface area (Å²) in [5.41, 5.74) is 0.895. The lowest BCUT2D eigenvalue weighted by Crippen LogP contribution is -2.12. The van der Waals surface area contributed by atoms with Gasteiger partial charge in [0.15, 0.2) is 9.84 Å². The van der Waals surface area contributed by atoms with Gasteiger partial charge in [-0.25, -0.2) is 22.9 Å². The average Bonchev–Trinajstić information content (AvgIpc) is 3.18. The van der Waals surface area contributed by atoms with E-state index >= 15 is 0 Å². The molecule has 0 aromatic carbocycles. The molecule has 0 amide bonds. The lowest BCUT2D eigenvalue weighted by Gasteiger charge is -2.09. The molecule has 0 radical (unpaired) electrons. The number of hydrogen-bond acceptors (Lipinski definition) is 8. The van der Waals surface area contributed by atoms with Gasteiger partial charge >= 0.3 is 5.97 Å². The van der Waals surface area contributed by atoms with Crippen molar-refractivity contribution < 1.29 is 22.9 Å². The summed E-state index contributed by atoms with van der Waals surface area (Å²) in [5, 5.41) is 15.6. The summed E-state index contributed by atoms with van der Waals surface area (Å²) >= 11 is 6.44. The summed E-state index contributed by atoms with van der Waals surface area (Å²) in [5.74, 6) is -0.662. The lowest BCUT2D eigenvalue weighted by atomic mass is 10.1. The number of hydrogen-bond donors (Lipinski definition) is 0. The Bertz CT molecular complexity index is 1140. The van der Waals surface area contributed by atoms with E-state index in [4.69, 9.17) is 16.3 Å². The quantitative estimate of drug-likeness (QED) is 0.369. The Kier molecular flexibility index (Phi) is 6.22. The molecule has 0 aliphatic carbocycles. The molecule has 0 saturated carbocycles. The number of rotatable bonds is 6. The van der Waals surface area contributed by atoms with Crippen LogP contribution >= 0.6 is 11.6 Å². The Morgan fingerprint density at radius 1 is 1.47 bits per heavy atom. The maximum absolute atomic E-state index is 12.2. The first kappa shape index (κ1) is 21.9. The minimum absolute atomic E-state index is 0.0199. The molecule has 1 atom stereocenters. The molecule has 0 spiro atoms. The molecule has 2 aromatic heterocycles. The third-order valence-electron chi connectivity index (χ3n) is 4.64. The van der Waals surface area contributed by atoms with Crippen LogP contribution in [-0.4, -0.2) is 52.2 Å². The highest BCUT2D eigenvalue weighted by Gasteiger charge is 2.31. The number of aromatic nitrogens is 3. The molecule has 10 nitrogen and oxygen atoms in total. The number of esters is 1. The van der Waals surface area contributed by atoms with Crippen LogP contribution < -0.4 is 0 Å². The fraction of sp³-hybridized carbons (Fsp3) is 0.389. The summed E-state index contributed by atoms with van der Waals surface area (Å²) in [4.78, 5) is 26.6. The summed E-state index contributed by atoms with van der Waals surface area (Å²) in [6.45, 7) is 3.45. The third kappa shape index (κ3) is 4.51. The first-order chi connectivity index (χ1) is 14.1. The minimum atomic E-state index is -3.10. The normalized spacial score (nSPS) is 18.0. The highest BCUT2D eigenvalue weighted by Crippen LogP contribution is 2.31. The van der Waals surface area contributed by atoms with Gasteiger partial charge in [-0.15, -0.1) is 0 Å². The monoisotopic (exact) mass is 454 g/mol. The van der Waals surface area contributed by atoms with Crippen LogP contribution in [0.15, 0.2) is 12.3 Å². The number of carbonyl (C=O) groups is 1. The van der Waals surface area contributed by atoms with Crippen molar-refractivity contribution in [2.75, 3.05) is 18.1 Å². The van der Waals surface area contributed by atoms with Gasteiger partial charge in [0, 0.05) is 11.6 Å². The van der Waals surface area contributed by atoms with Crippen molar-refractivity contribution in [3.63, 3.8) is 0 Å². The van der Waals surface area contributed by atoms with Crippen molar-refractivity contribution >= 4 is 45.2 Å². The fourth-order valence-corrected chi connectivity index (χ4v) is 5.23. The standard InChI is InChI=1S/C18H19ClN4O6S/c1-3-29-18(24)15-8-13(23(25)26)9-20-16(15)5-4-14-11(2)21-22(17(14)19)12-6-7-30(27,28)10-12/h4-5,8-9,12H,3,6-7,10H2,1-2H3/b5-4-/t12-/m1/s1. The minimum Gasteiger partial charge on any atom is -0.462 e. The molecule has 0 bridgehead atoms. The third-order valence-corrected chi connectivity index (χ3v) is 6.77. The Balaban J connectivity index is 1.96. The molecule has 12 heteroatoms. The van der Waals surface area contributed by atoms with Gasteiger partial charge in [-0.1, -0.05) is 11.6 Å². The smallest absolute Gasteiger partial charge is 0.340 e. The van der Waals surface area contributed by atoms with Gasteiger partial charge in [-0.05, 0) is 32.4 Å². The van der Waals surface area contributed by atoms with Crippen LogP contribution in [0, 0.1) is 17.0 Å². The van der Waals surface area contributed by atoms with Gasteiger partial charge in [0.1, 0.15) is 11.3 Å². The summed E-state index contributed by atoms with van der Waals surface area (Å²) in [6.07, 6.45) is 4.55. The molecule has 3 heterocycles. The molecule has 1 saturated heterocycles. The zero-order chi connectivity index (χ0) is 22.1. The average molecular weight is 455 g/mol. The van der Waals surface area contributed by atoms with Gasteiger partial charge in [-0.3, -0.25) is 10.1 Å². The Morgan fingerprint density at radius 2 is 2.20 bits per heavy atom. The van der Waals surface area contributed by atoms with Crippen molar-refractivity contribution in [3.8, 4) is 0 Å². The maximum Gasteiger partial charge on any atom is 0.340 e. The molecule has 160 valence electrons. The highest BCUT2D eigenvalue weighted by molar-refractivity contribution is 7.91. The summed E-state index contributed by atoms with van der Waals surface area (Å²) in [6, 6.07) is 0.766. The van der Waals surface area contributed by atoms with E-state index in [0.29, 0.717) is 17.7 Å². The zero-order valence-corrected chi connectivity index (χ0v) is 17.8. The van der Waals surface area contributed by atoms with Crippen LogP contribution in [0.1, 0.15) is 46.7 Å². The van der Waals surface area contributed by atoms with Crippen LogP contribution in [-0.2, 0) is 14.6 Å². The van der Waals surface area contributed by atoms with Gasteiger partial charge in [-0.2, -0.15) is 5.10 Å². The molecular weight excluding hydrogens is 436 g/mol. The molecule has 1 aliphatic heterocycles. The fourth-order valence-electron chi connectivity index (χ4n) is 3.16. The van der Waals surface area contributed by atoms with Gasteiger partial charge in [0.25, 0.3) is 5.69 Å². The Hall–Kier alpha value is -2.79. The van der Waals surface area contributed by atoms with Crippen LogP contribution in [0.5, 0.6) is 0 Å². The van der Waals surface area contributed by atoms with Crippen LogP contribution in [0.25, 0.3) is 12.2 Å². The second kappa shape index (κ2) is 8.52. The molecule has 0 N–H and O–H groups in total. The number of carbonyl (C=O) groups excluding carboxylic acids is 1. The van der Waals surface area contributed by atoms with E-state index < -0.39 is 20.7 Å². The van der Waals surface area contributed by atoms with Crippen molar-refractivity contribution in [1.82, 2.24) is 14.8 Å². The Labute approximate surface area is 177 Å². The van der Waals surface area contributed by atoms with Crippen molar-refractivity contribution in [2.45, 2.75) is 26.3 Å². The first-order valence-corrected chi connectivity index (χ1v) is 11.3. The number of halogens is 1. The van der Waals surface area contributed by atoms with Gasteiger partial charge in [0.2, 0.25) is 0 Å². The number of aryl methyl sites for hydroxylation is 1. The van der Waals surface area contributed by atoms with E-state index in [1.54, 1.807) is 19.9 Å².